The molecule has 1 nitrogen and oxygen atoms in total. The van der Waals surface area contributed by atoms with E-state index in [2.05, 4.69) is 22.6 Å². The number of hydrogen-bond donors (Lipinski definition) is 0. The standard InChI is InChI=1S/C14H9ClFIO/c1-8-4-10(6-11(16)5-8)14(18)9-2-3-13(17)12(15)7-9/h2-7H,1H3. The van der Waals surface area contributed by atoms with Gasteiger partial charge in [-0.3, -0.25) is 4.79 Å². The number of halogens is 3. The zero-order chi connectivity index (χ0) is 13.3. The van der Waals surface area contributed by atoms with Crippen molar-refractivity contribution in [1.82, 2.24) is 0 Å². The molecular weight excluding hydrogens is 366 g/mol. The van der Waals surface area contributed by atoms with Crippen molar-refractivity contribution in [3.05, 3.63) is 67.5 Å². The molecule has 92 valence electrons. The smallest absolute Gasteiger partial charge is 0.193 e. The maximum absolute atomic E-state index is 13.3. The van der Waals surface area contributed by atoms with E-state index in [0.717, 1.165) is 9.13 Å². The van der Waals surface area contributed by atoms with Gasteiger partial charge in [-0.05, 0) is 71.5 Å². The van der Waals surface area contributed by atoms with Crippen LogP contribution in [0.25, 0.3) is 0 Å². The van der Waals surface area contributed by atoms with Crippen molar-refractivity contribution in [3.63, 3.8) is 0 Å². The van der Waals surface area contributed by atoms with Gasteiger partial charge in [0.25, 0.3) is 0 Å². The van der Waals surface area contributed by atoms with Crippen LogP contribution in [0.5, 0.6) is 0 Å². The maximum atomic E-state index is 13.3. The third-order valence-corrected chi connectivity index (χ3v) is 4.06. The Morgan fingerprint density at radius 1 is 1.17 bits per heavy atom. The van der Waals surface area contributed by atoms with Gasteiger partial charge in [0.05, 0.1) is 5.02 Å². The largest absolute Gasteiger partial charge is 0.289 e. The number of aryl methyl sites for hydroxylation is 1. The van der Waals surface area contributed by atoms with E-state index in [1.54, 1.807) is 31.2 Å². The summed E-state index contributed by atoms with van der Waals surface area (Å²) in [5.74, 6) is -0.633. The lowest BCUT2D eigenvalue weighted by atomic mass is 10.0. The molecular formula is C14H9ClFIO. The van der Waals surface area contributed by atoms with Gasteiger partial charge in [0, 0.05) is 14.7 Å². The molecule has 0 saturated heterocycles. The van der Waals surface area contributed by atoms with Crippen molar-refractivity contribution in [2.75, 3.05) is 0 Å². The third-order valence-electron chi connectivity index (χ3n) is 2.49. The Morgan fingerprint density at radius 3 is 2.50 bits per heavy atom. The normalized spacial score (nSPS) is 10.4. The van der Waals surface area contributed by atoms with Crippen LogP contribution in [-0.4, -0.2) is 5.78 Å². The summed E-state index contributed by atoms with van der Waals surface area (Å²) in [4.78, 5) is 12.2. The zero-order valence-electron chi connectivity index (χ0n) is 9.51. The van der Waals surface area contributed by atoms with E-state index < -0.39 is 5.82 Å². The summed E-state index contributed by atoms with van der Waals surface area (Å²) in [6, 6.07) is 9.35. The molecule has 0 amide bonds. The third kappa shape index (κ3) is 2.90. The predicted molar refractivity (Wildman–Crippen MR) is 78.7 cm³/mol. The molecule has 0 spiro atoms. The number of carbonyl (C=O) groups is 1. The lowest BCUT2D eigenvalue weighted by Crippen LogP contribution is -2.02. The molecule has 0 atom stereocenters. The van der Waals surface area contributed by atoms with Gasteiger partial charge in [-0.25, -0.2) is 4.39 Å². The highest BCUT2D eigenvalue weighted by molar-refractivity contribution is 14.1. The van der Waals surface area contributed by atoms with E-state index in [1.165, 1.54) is 12.1 Å². The predicted octanol–water partition coefficient (Wildman–Crippen LogP) is 4.62. The first-order chi connectivity index (χ1) is 8.47. The lowest BCUT2D eigenvalue weighted by molar-refractivity contribution is 0.103. The molecule has 0 bridgehead atoms. The Bertz CT molecular complexity index is 605. The second kappa shape index (κ2) is 5.36. The minimum atomic E-state index is -0.407. The van der Waals surface area contributed by atoms with E-state index in [-0.39, 0.29) is 5.78 Å². The minimum absolute atomic E-state index is 0.226. The summed E-state index contributed by atoms with van der Waals surface area (Å²) in [5, 5.41) is 0.523. The van der Waals surface area contributed by atoms with Gasteiger partial charge in [0.2, 0.25) is 0 Å². The van der Waals surface area contributed by atoms with Gasteiger partial charge in [0.15, 0.2) is 5.78 Å². The molecule has 0 fully saturated rings. The molecule has 0 aromatic heterocycles. The number of carbonyl (C=O) groups excluding carboxylic acids is 1. The first-order valence-electron chi connectivity index (χ1n) is 5.24. The summed E-state index contributed by atoms with van der Waals surface area (Å²) < 4.78 is 14.1. The van der Waals surface area contributed by atoms with Crippen LogP contribution in [-0.2, 0) is 0 Å². The van der Waals surface area contributed by atoms with E-state index in [4.69, 9.17) is 11.6 Å². The molecule has 4 heteroatoms. The van der Waals surface area contributed by atoms with Crippen molar-refractivity contribution in [2.24, 2.45) is 0 Å². The summed E-state index contributed by atoms with van der Waals surface area (Å²) in [6.07, 6.45) is 0. The van der Waals surface area contributed by atoms with Crippen molar-refractivity contribution in [1.29, 1.82) is 0 Å². The van der Waals surface area contributed by atoms with Crippen LogP contribution in [0.2, 0.25) is 5.02 Å². The average molecular weight is 375 g/mol. The van der Waals surface area contributed by atoms with Crippen LogP contribution < -0.4 is 0 Å². The maximum Gasteiger partial charge on any atom is 0.193 e. The van der Waals surface area contributed by atoms with Crippen molar-refractivity contribution >= 4 is 40.0 Å². The summed E-state index contributed by atoms with van der Waals surface area (Å²) >= 11 is 8.06. The number of hydrogen-bond acceptors (Lipinski definition) is 1. The van der Waals surface area contributed by atoms with Crippen LogP contribution in [0.1, 0.15) is 21.5 Å². The molecule has 2 aromatic rings. The van der Waals surface area contributed by atoms with Crippen LogP contribution in [0.3, 0.4) is 0 Å². The summed E-state index contributed by atoms with van der Waals surface area (Å²) in [7, 11) is 0. The zero-order valence-corrected chi connectivity index (χ0v) is 12.4. The van der Waals surface area contributed by atoms with Crippen LogP contribution in [0.15, 0.2) is 36.4 Å². The van der Waals surface area contributed by atoms with E-state index >= 15 is 0 Å². The van der Waals surface area contributed by atoms with Gasteiger partial charge in [-0.2, -0.15) is 0 Å². The molecule has 0 aliphatic carbocycles. The molecule has 0 aliphatic rings. The molecule has 0 radical (unpaired) electrons. The molecule has 0 N–H and O–H groups in total. The Kier molecular flexibility index (Phi) is 4.02. The van der Waals surface area contributed by atoms with Gasteiger partial charge < -0.3 is 0 Å². The lowest BCUT2D eigenvalue weighted by Gasteiger charge is -2.04. The monoisotopic (exact) mass is 374 g/mol. The second-order valence-corrected chi connectivity index (χ2v) is 5.54. The van der Waals surface area contributed by atoms with E-state index in [1.807, 2.05) is 0 Å². The quantitative estimate of drug-likeness (QED) is 0.554. The summed E-state index contributed by atoms with van der Waals surface area (Å²) in [5.41, 5.74) is 1.52. The fourth-order valence-corrected chi connectivity index (χ4v) is 2.19. The molecule has 18 heavy (non-hydrogen) atoms. The van der Waals surface area contributed by atoms with Crippen LogP contribution in [0, 0.1) is 16.3 Å². The van der Waals surface area contributed by atoms with Crippen molar-refractivity contribution in [2.45, 2.75) is 6.92 Å². The number of rotatable bonds is 2. The second-order valence-electron chi connectivity index (χ2n) is 3.98. The van der Waals surface area contributed by atoms with Gasteiger partial charge >= 0.3 is 0 Å². The highest BCUT2D eigenvalue weighted by atomic mass is 127. The molecule has 2 aromatic carbocycles. The molecule has 0 aliphatic heterocycles. The first kappa shape index (κ1) is 13.5. The number of benzene rings is 2. The van der Waals surface area contributed by atoms with Crippen LogP contribution >= 0.6 is 34.2 Å². The Balaban J connectivity index is 2.44. The Labute approximate surface area is 123 Å². The molecule has 0 unspecified atom stereocenters. The van der Waals surface area contributed by atoms with Gasteiger partial charge in [0.1, 0.15) is 5.82 Å². The first-order valence-corrected chi connectivity index (χ1v) is 6.70. The SMILES string of the molecule is Cc1cc(F)cc(C(=O)c2ccc(I)c(Cl)c2)c1. The minimum Gasteiger partial charge on any atom is -0.289 e. The van der Waals surface area contributed by atoms with E-state index in [9.17, 15) is 9.18 Å². The molecule has 0 saturated carbocycles. The molecule has 2 rings (SSSR count). The number of ketones is 1. The average Bonchev–Trinajstić information content (AvgIpc) is 2.30. The van der Waals surface area contributed by atoms with Crippen LogP contribution in [0.4, 0.5) is 4.39 Å². The summed E-state index contributed by atoms with van der Waals surface area (Å²) in [6.45, 7) is 1.75. The van der Waals surface area contributed by atoms with E-state index in [0.29, 0.717) is 16.1 Å². The van der Waals surface area contributed by atoms with Crippen molar-refractivity contribution in [3.8, 4) is 0 Å². The Hall–Kier alpha value is -0.940. The fourth-order valence-electron chi connectivity index (χ4n) is 1.67. The highest BCUT2D eigenvalue weighted by Crippen LogP contribution is 2.22. The Morgan fingerprint density at radius 2 is 1.89 bits per heavy atom. The van der Waals surface area contributed by atoms with Crippen molar-refractivity contribution < 1.29 is 9.18 Å². The van der Waals surface area contributed by atoms with Gasteiger partial charge in [-0.1, -0.05) is 11.6 Å². The fraction of sp³-hybridized carbons (Fsp3) is 0.0714. The highest BCUT2D eigenvalue weighted by Gasteiger charge is 2.12. The van der Waals surface area contributed by atoms with Gasteiger partial charge in [-0.15, -0.1) is 0 Å². The topological polar surface area (TPSA) is 17.1 Å². The molecule has 0 heterocycles.